The summed E-state index contributed by atoms with van der Waals surface area (Å²) in [6.07, 6.45) is 0. The first-order valence-electron chi connectivity index (χ1n) is 3.29. The van der Waals surface area contributed by atoms with Crippen LogP contribution in [0.4, 0.5) is 0 Å². The molecule has 0 spiro atoms. The van der Waals surface area contributed by atoms with Crippen molar-refractivity contribution in [2.24, 2.45) is 5.14 Å². The van der Waals surface area contributed by atoms with E-state index in [4.69, 9.17) is 15.8 Å². The predicted octanol–water partition coefficient (Wildman–Crippen LogP) is 0.262. The van der Waals surface area contributed by atoms with Gasteiger partial charge in [0.15, 0.2) is 0 Å². The van der Waals surface area contributed by atoms with Crippen molar-refractivity contribution in [3.8, 4) is 0 Å². The van der Waals surface area contributed by atoms with Crippen molar-refractivity contribution in [1.82, 2.24) is 0 Å². The number of hydrogen-bond acceptors (Lipinski definition) is 4. The maximum Gasteiger partial charge on any atom is 0.262 e. The molecule has 78 valence electrons. The average molecular weight is 256 g/mol. The number of primary sulfonamides is 1. The Bertz CT molecular complexity index is 498. The highest BCUT2D eigenvalue weighted by Gasteiger charge is 2.21. The van der Waals surface area contributed by atoms with Crippen LogP contribution in [-0.4, -0.2) is 16.8 Å². The highest BCUT2D eigenvalue weighted by Crippen LogP contribution is 2.22. The summed E-state index contributed by atoms with van der Waals surface area (Å²) in [5.74, 6) is 0. The van der Waals surface area contributed by atoms with Crippen LogP contribution in [-0.2, 0) is 19.1 Å². The molecule has 1 rings (SSSR count). The van der Waals surface area contributed by atoms with Crippen molar-refractivity contribution in [3.63, 3.8) is 0 Å². The van der Waals surface area contributed by atoms with Crippen LogP contribution in [0.1, 0.15) is 0 Å². The van der Waals surface area contributed by atoms with Gasteiger partial charge in [0.25, 0.3) is 9.05 Å². The van der Waals surface area contributed by atoms with E-state index in [9.17, 15) is 16.8 Å². The summed E-state index contributed by atoms with van der Waals surface area (Å²) in [5, 5.41) is 4.80. The molecule has 0 heterocycles. The molecule has 0 atom stereocenters. The third-order valence-electron chi connectivity index (χ3n) is 1.42. The minimum absolute atomic E-state index is 0.505. The number of hydrogen-bond donors (Lipinski definition) is 1. The van der Waals surface area contributed by atoms with Crippen molar-refractivity contribution in [3.05, 3.63) is 24.3 Å². The van der Waals surface area contributed by atoms with E-state index >= 15 is 0 Å². The molecule has 8 heteroatoms. The monoisotopic (exact) mass is 255 g/mol. The van der Waals surface area contributed by atoms with Crippen LogP contribution in [0.3, 0.4) is 0 Å². The van der Waals surface area contributed by atoms with Gasteiger partial charge in [0.05, 0.1) is 0 Å². The molecule has 0 amide bonds. The fraction of sp³-hybridized carbons (Fsp3) is 0. The second-order valence-electron chi connectivity index (χ2n) is 2.43. The molecule has 0 aromatic heterocycles. The number of benzene rings is 1. The minimum atomic E-state index is -4.10. The molecule has 1 aromatic rings. The fourth-order valence-electron chi connectivity index (χ4n) is 0.887. The van der Waals surface area contributed by atoms with Gasteiger partial charge in [-0.2, -0.15) is 0 Å². The van der Waals surface area contributed by atoms with E-state index in [0.29, 0.717) is 0 Å². The molecule has 0 aliphatic carbocycles. The Kier molecular flexibility index (Phi) is 2.86. The zero-order valence-corrected chi connectivity index (χ0v) is 9.10. The van der Waals surface area contributed by atoms with Gasteiger partial charge in [-0.25, -0.2) is 22.0 Å². The lowest BCUT2D eigenvalue weighted by molar-refractivity contribution is 0.589. The summed E-state index contributed by atoms with van der Waals surface area (Å²) in [4.78, 5) is -1.01. The summed E-state index contributed by atoms with van der Waals surface area (Å²) in [5.41, 5.74) is 0. The first-order valence-corrected chi connectivity index (χ1v) is 7.15. The van der Waals surface area contributed by atoms with E-state index in [1.165, 1.54) is 12.1 Å². The van der Waals surface area contributed by atoms with Crippen LogP contribution in [0.25, 0.3) is 0 Å². The minimum Gasteiger partial charge on any atom is -0.225 e. The number of rotatable bonds is 2. The molecule has 1 aromatic carbocycles. The molecule has 2 N–H and O–H groups in total. The summed E-state index contributed by atoms with van der Waals surface area (Å²) in [6.45, 7) is 0. The Morgan fingerprint density at radius 2 is 1.43 bits per heavy atom. The van der Waals surface area contributed by atoms with Gasteiger partial charge in [-0.05, 0) is 12.1 Å². The van der Waals surface area contributed by atoms with E-state index in [0.717, 1.165) is 12.1 Å². The fourth-order valence-corrected chi connectivity index (χ4v) is 3.27. The van der Waals surface area contributed by atoms with Gasteiger partial charge < -0.3 is 0 Å². The van der Waals surface area contributed by atoms with E-state index in [2.05, 4.69) is 0 Å². The van der Waals surface area contributed by atoms with Crippen LogP contribution >= 0.6 is 10.7 Å². The molecule has 0 aliphatic heterocycles. The van der Waals surface area contributed by atoms with Crippen molar-refractivity contribution < 1.29 is 16.8 Å². The molecule has 0 saturated heterocycles. The zero-order chi connectivity index (χ0) is 11.0. The Labute approximate surface area is 86.0 Å². The Balaban J connectivity index is 3.64. The largest absolute Gasteiger partial charge is 0.262 e. The summed E-state index contributed by atoms with van der Waals surface area (Å²) in [7, 11) is -3.16. The van der Waals surface area contributed by atoms with Crippen LogP contribution in [0.15, 0.2) is 34.1 Å². The van der Waals surface area contributed by atoms with E-state index in [1.54, 1.807) is 0 Å². The van der Waals surface area contributed by atoms with Crippen molar-refractivity contribution in [2.75, 3.05) is 0 Å². The molecular formula is C6H6ClNO4S2. The maximum atomic E-state index is 11.0. The van der Waals surface area contributed by atoms with Gasteiger partial charge >= 0.3 is 0 Å². The summed E-state index contributed by atoms with van der Waals surface area (Å²) >= 11 is 0. The highest BCUT2D eigenvalue weighted by atomic mass is 35.7. The highest BCUT2D eigenvalue weighted by molar-refractivity contribution is 8.14. The lowest BCUT2D eigenvalue weighted by atomic mass is 10.4. The van der Waals surface area contributed by atoms with Gasteiger partial charge in [-0.1, -0.05) is 12.1 Å². The SMILES string of the molecule is NS(=O)(=O)c1ccccc1S(=O)(=O)Cl. The first-order chi connectivity index (χ1) is 6.23. The van der Waals surface area contributed by atoms with Crippen LogP contribution < -0.4 is 5.14 Å². The second-order valence-corrected chi connectivity index (χ2v) is 6.49. The van der Waals surface area contributed by atoms with Gasteiger partial charge in [0.2, 0.25) is 10.0 Å². The molecule has 0 fully saturated rings. The Morgan fingerprint density at radius 3 is 1.71 bits per heavy atom. The molecule has 0 unspecified atom stereocenters. The first kappa shape index (κ1) is 11.4. The lowest BCUT2D eigenvalue weighted by Gasteiger charge is -2.02. The van der Waals surface area contributed by atoms with E-state index in [-0.39, 0.29) is 0 Å². The second kappa shape index (κ2) is 3.50. The van der Waals surface area contributed by atoms with Gasteiger partial charge in [-0.3, -0.25) is 0 Å². The quantitative estimate of drug-likeness (QED) is 0.767. The lowest BCUT2D eigenvalue weighted by Crippen LogP contribution is -2.15. The maximum absolute atomic E-state index is 11.0. The molecule has 0 bridgehead atoms. The standard InChI is InChI=1S/C6H6ClNO4S2/c7-13(9,10)5-3-1-2-4-6(5)14(8,11)12/h1-4H,(H2,8,11,12). The van der Waals surface area contributed by atoms with Crippen LogP contribution in [0, 0.1) is 0 Å². The van der Waals surface area contributed by atoms with Crippen LogP contribution in [0.5, 0.6) is 0 Å². The number of halogens is 1. The number of nitrogens with two attached hydrogens (primary N) is 1. The molecule has 14 heavy (non-hydrogen) atoms. The Hall–Kier alpha value is -0.630. The zero-order valence-electron chi connectivity index (χ0n) is 6.71. The summed E-state index contributed by atoms with van der Waals surface area (Å²) < 4.78 is 43.8. The molecule has 0 saturated carbocycles. The third kappa shape index (κ3) is 2.44. The summed E-state index contributed by atoms with van der Waals surface area (Å²) in [6, 6.07) is 4.85. The van der Waals surface area contributed by atoms with E-state index in [1.807, 2.05) is 0 Å². The van der Waals surface area contributed by atoms with Crippen LogP contribution in [0.2, 0.25) is 0 Å². The normalized spacial score (nSPS) is 12.7. The van der Waals surface area contributed by atoms with Gasteiger partial charge in [-0.15, -0.1) is 0 Å². The van der Waals surface area contributed by atoms with Crippen molar-refractivity contribution in [1.29, 1.82) is 0 Å². The smallest absolute Gasteiger partial charge is 0.225 e. The Morgan fingerprint density at radius 1 is 1.00 bits per heavy atom. The number of sulfonamides is 1. The molecule has 5 nitrogen and oxygen atoms in total. The average Bonchev–Trinajstić information content (AvgIpc) is 2.01. The molecule has 0 radical (unpaired) electrons. The van der Waals surface area contributed by atoms with Gasteiger partial charge in [0, 0.05) is 10.7 Å². The van der Waals surface area contributed by atoms with Crippen molar-refractivity contribution in [2.45, 2.75) is 9.79 Å². The molecular weight excluding hydrogens is 250 g/mol. The van der Waals surface area contributed by atoms with Crippen molar-refractivity contribution >= 4 is 29.8 Å². The molecule has 0 aliphatic rings. The third-order valence-corrected chi connectivity index (χ3v) is 3.90. The van der Waals surface area contributed by atoms with Gasteiger partial charge in [0.1, 0.15) is 9.79 Å². The predicted molar refractivity (Wildman–Crippen MR) is 50.9 cm³/mol. The van der Waals surface area contributed by atoms with E-state index < -0.39 is 28.9 Å². The topological polar surface area (TPSA) is 94.3 Å².